The smallest absolute Gasteiger partial charge is 0.142 e. The first-order valence-electron chi connectivity index (χ1n) is 7.21. The van der Waals surface area contributed by atoms with Crippen LogP contribution in [-0.2, 0) is 13.0 Å². The van der Waals surface area contributed by atoms with E-state index in [1.165, 1.54) is 17.8 Å². The third kappa shape index (κ3) is 3.26. The fraction of sp³-hybridized carbons (Fsp3) is 0.235. The first-order chi connectivity index (χ1) is 10.8. The molecule has 114 valence electrons. The number of aromatic nitrogens is 2. The number of H-pyrrole nitrogens is 1. The molecule has 0 spiro atoms. The largest absolute Gasteiger partial charge is 0.497 e. The second-order valence-corrected chi connectivity index (χ2v) is 5.14. The van der Waals surface area contributed by atoms with Gasteiger partial charge in [0.05, 0.1) is 13.3 Å². The van der Waals surface area contributed by atoms with E-state index >= 15 is 0 Å². The number of pyridine rings is 1. The summed E-state index contributed by atoms with van der Waals surface area (Å²) >= 11 is 0. The number of aromatic amines is 1. The summed E-state index contributed by atoms with van der Waals surface area (Å²) in [6.07, 6.45) is 3.93. The maximum absolute atomic E-state index is 13.3. The molecular weight excluding hydrogens is 281 g/mol. The van der Waals surface area contributed by atoms with Crippen molar-refractivity contribution < 1.29 is 9.13 Å². The van der Waals surface area contributed by atoms with Gasteiger partial charge in [-0.05, 0) is 42.3 Å². The van der Waals surface area contributed by atoms with E-state index in [4.69, 9.17) is 4.74 Å². The molecule has 0 saturated carbocycles. The van der Waals surface area contributed by atoms with Gasteiger partial charge in [0.1, 0.15) is 17.2 Å². The standard InChI is InChI=1S/C17H18FN3O/c1-22-15-4-2-3-12(7-15)9-19-6-5-13-10-20-17-16(13)8-14(18)11-21-17/h2-4,7-8,10-11,19H,5-6,9H2,1H3,(H,20,21). The van der Waals surface area contributed by atoms with Gasteiger partial charge in [-0.25, -0.2) is 9.37 Å². The Balaban J connectivity index is 1.57. The van der Waals surface area contributed by atoms with Crippen molar-refractivity contribution in [2.24, 2.45) is 0 Å². The minimum atomic E-state index is -0.308. The Hall–Kier alpha value is -2.40. The summed E-state index contributed by atoms with van der Waals surface area (Å²) in [4.78, 5) is 7.10. The summed E-state index contributed by atoms with van der Waals surface area (Å²) < 4.78 is 18.5. The van der Waals surface area contributed by atoms with E-state index in [9.17, 15) is 4.39 Å². The fourth-order valence-corrected chi connectivity index (χ4v) is 2.48. The predicted molar refractivity (Wildman–Crippen MR) is 84.5 cm³/mol. The Bertz CT molecular complexity index is 769. The van der Waals surface area contributed by atoms with Gasteiger partial charge in [-0.3, -0.25) is 0 Å². The average molecular weight is 299 g/mol. The van der Waals surface area contributed by atoms with Crippen LogP contribution in [0.5, 0.6) is 5.75 Å². The molecule has 3 rings (SSSR count). The maximum atomic E-state index is 13.3. The van der Waals surface area contributed by atoms with E-state index in [0.29, 0.717) is 0 Å². The zero-order valence-corrected chi connectivity index (χ0v) is 12.4. The highest BCUT2D eigenvalue weighted by Crippen LogP contribution is 2.17. The lowest BCUT2D eigenvalue weighted by Crippen LogP contribution is -2.16. The highest BCUT2D eigenvalue weighted by Gasteiger charge is 2.05. The summed E-state index contributed by atoms with van der Waals surface area (Å²) in [5.41, 5.74) is 2.97. The van der Waals surface area contributed by atoms with Crippen molar-refractivity contribution in [1.29, 1.82) is 0 Å². The monoisotopic (exact) mass is 299 g/mol. The molecule has 22 heavy (non-hydrogen) atoms. The van der Waals surface area contributed by atoms with Crippen molar-refractivity contribution in [3.05, 3.63) is 59.7 Å². The molecule has 0 radical (unpaired) electrons. The van der Waals surface area contributed by atoms with Gasteiger partial charge in [0.15, 0.2) is 0 Å². The van der Waals surface area contributed by atoms with Crippen molar-refractivity contribution in [3.63, 3.8) is 0 Å². The molecule has 4 nitrogen and oxygen atoms in total. The second-order valence-electron chi connectivity index (χ2n) is 5.14. The highest BCUT2D eigenvalue weighted by molar-refractivity contribution is 5.79. The number of nitrogens with zero attached hydrogens (tertiary/aromatic N) is 1. The van der Waals surface area contributed by atoms with Crippen molar-refractivity contribution in [2.45, 2.75) is 13.0 Å². The summed E-state index contributed by atoms with van der Waals surface area (Å²) in [5.74, 6) is 0.551. The molecule has 0 amide bonds. The lowest BCUT2D eigenvalue weighted by atomic mass is 10.1. The van der Waals surface area contributed by atoms with Gasteiger partial charge >= 0.3 is 0 Å². The number of benzene rings is 1. The van der Waals surface area contributed by atoms with Crippen LogP contribution in [-0.4, -0.2) is 23.6 Å². The van der Waals surface area contributed by atoms with E-state index in [1.807, 2.05) is 24.4 Å². The number of halogens is 1. The fourth-order valence-electron chi connectivity index (χ4n) is 2.48. The van der Waals surface area contributed by atoms with E-state index < -0.39 is 0 Å². The SMILES string of the molecule is COc1cccc(CNCCc2c[nH]c3ncc(F)cc23)c1. The minimum absolute atomic E-state index is 0.308. The van der Waals surface area contributed by atoms with Gasteiger partial charge in [-0.2, -0.15) is 0 Å². The summed E-state index contributed by atoms with van der Waals surface area (Å²) in [6, 6.07) is 9.50. The van der Waals surface area contributed by atoms with Crippen LogP contribution in [0.4, 0.5) is 4.39 Å². The van der Waals surface area contributed by atoms with Gasteiger partial charge < -0.3 is 15.0 Å². The topological polar surface area (TPSA) is 49.9 Å². The van der Waals surface area contributed by atoms with E-state index in [0.717, 1.165) is 41.9 Å². The molecule has 0 atom stereocenters. The molecule has 5 heteroatoms. The van der Waals surface area contributed by atoms with Crippen LogP contribution in [0.2, 0.25) is 0 Å². The van der Waals surface area contributed by atoms with Crippen LogP contribution in [0, 0.1) is 5.82 Å². The molecule has 2 heterocycles. The van der Waals surface area contributed by atoms with E-state index in [-0.39, 0.29) is 5.82 Å². The van der Waals surface area contributed by atoms with Crippen LogP contribution in [0.15, 0.2) is 42.7 Å². The van der Waals surface area contributed by atoms with Crippen molar-refractivity contribution in [3.8, 4) is 5.75 Å². The van der Waals surface area contributed by atoms with Gasteiger partial charge in [-0.1, -0.05) is 12.1 Å². The molecular formula is C17H18FN3O. The van der Waals surface area contributed by atoms with Crippen molar-refractivity contribution in [2.75, 3.05) is 13.7 Å². The first-order valence-corrected chi connectivity index (χ1v) is 7.21. The third-order valence-corrected chi connectivity index (χ3v) is 3.62. The number of hydrogen-bond donors (Lipinski definition) is 2. The number of rotatable bonds is 6. The Morgan fingerprint density at radius 2 is 2.23 bits per heavy atom. The van der Waals surface area contributed by atoms with Crippen LogP contribution in [0.3, 0.4) is 0 Å². The van der Waals surface area contributed by atoms with E-state index in [2.05, 4.69) is 21.4 Å². The molecule has 0 bridgehead atoms. The molecule has 3 aromatic rings. The molecule has 0 unspecified atom stereocenters. The minimum Gasteiger partial charge on any atom is -0.497 e. The molecule has 0 aliphatic heterocycles. The Kier molecular flexibility index (Phi) is 4.34. The molecule has 2 N–H and O–H groups in total. The molecule has 0 aliphatic rings. The number of methoxy groups -OCH3 is 1. The Morgan fingerprint density at radius 3 is 3.09 bits per heavy atom. The van der Waals surface area contributed by atoms with Gasteiger partial charge in [0.2, 0.25) is 0 Å². The number of ether oxygens (including phenoxy) is 1. The molecule has 0 saturated heterocycles. The van der Waals surface area contributed by atoms with Crippen LogP contribution >= 0.6 is 0 Å². The Labute approximate surface area is 128 Å². The lowest BCUT2D eigenvalue weighted by Gasteiger charge is -2.06. The maximum Gasteiger partial charge on any atom is 0.142 e. The zero-order chi connectivity index (χ0) is 15.4. The predicted octanol–water partition coefficient (Wildman–Crippen LogP) is 3.04. The van der Waals surface area contributed by atoms with Crippen molar-refractivity contribution in [1.82, 2.24) is 15.3 Å². The molecule has 2 aromatic heterocycles. The molecule has 0 aliphatic carbocycles. The summed E-state index contributed by atoms with van der Waals surface area (Å²) in [5, 5.41) is 4.24. The molecule has 1 aromatic carbocycles. The van der Waals surface area contributed by atoms with Gasteiger partial charge in [-0.15, -0.1) is 0 Å². The second kappa shape index (κ2) is 6.58. The van der Waals surface area contributed by atoms with Crippen LogP contribution in [0.25, 0.3) is 11.0 Å². The third-order valence-electron chi connectivity index (χ3n) is 3.62. The summed E-state index contributed by atoms with van der Waals surface area (Å²) in [7, 11) is 1.66. The quantitative estimate of drug-likeness (QED) is 0.688. The average Bonchev–Trinajstić information content (AvgIpc) is 2.94. The van der Waals surface area contributed by atoms with Crippen LogP contribution < -0.4 is 10.1 Å². The van der Waals surface area contributed by atoms with Crippen LogP contribution in [0.1, 0.15) is 11.1 Å². The summed E-state index contributed by atoms with van der Waals surface area (Å²) in [6.45, 7) is 1.58. The highest BCUT2D eigenvalue weighted by atomic mass is 19.1. The Morgan fingerprint density at radius 1 is 1.32 bits per heavy atom. The molecule has 0 fully saturated rings. The number of fused-ring (bicyclic) bond motifs is 1. The first kappa shape index (κ1) is 14.5. The number of nitrogens with one attached hydrogen (secondary N) is 2. The zero-order valence-electron chi connectivity index (χ0n) is 12.4. The number of hydrogen-bond acceptors (Lipinski definition) is 3. The lowest BCUT2D eigenvalue weighted by molar-refractivity contribution is 0.414. The van der Waals surface area contributed by atoms with E-state index in [1.54, 1.807) is 7.11 Å². The van der Waals surface area contributed by atoms with Gasteiger partial charge in [0, 0.05) is 18.1 Å². The normalized spacial score (nSPS) is 11.0. The van der Waals surface area contributed by atoms with Crippen molar-refractivity contribution >= 4 is 11.0 Å². The van der Waals surface area contributed by atoms with Gasteiger partial charge in [0.25, 0.3) is 0 Å².